The smallest absolute Gasteiger partial charge is 0.224 e. The molecule has 0 saturated carbocycles. The van der Waals surface area contributed by atoms with Crippen LogP contribution in [0.3, 0.4) is 0 Å². The van der Waals surface area contributed by atoms with E-state index in [1.165, 1.54) is 11.1 Å². The number of amides is 1. The lowest BCUT2D eigenvalue weighted by atomic mass is 10.1. The number of aromatic nitrogens is 2. The maximum Gasteiger partial charge on any atom is 0.224 e. The Hall–Kier alpha value is -3.60. The zero-order valence-electron chi connectivity index (χ0n) is 21.0. The van der Waals surface area contributed by atoms with E-state index in [9.17, 15) is 4.79 Å². The maximum absolute atomic E-state index is 12.4. The number of ether oxygens (including phenoxy) is 1. The second kappa shape index (κ2) is 11.7. The van der Waals surface area contributed by atoms with Gasteiger partial charge in [0.15, 0.2) is 0 Å². The van der Waals surface area contributed by atoms with Crippen molar-refractivity contribution in [2.45, 2.75) is 53.0 Å². The first kappa shape index (κ1) is 24.5. The number of benzene rings is 3. The third-order valence-corrected chi connectivity index (χ3v) is 6.24. The summed E-state index contributed by atoms with van der Waals surface area (Å²) in [6, 6.07) is 22.6. The predicted molar refractivity (Wildman–Crippen MR) is 142 cm³/mol. The minimum absolute atomic E-state index is 0.0661. The Morgan fingerprint density at radius 1 is 0.943 bits per heavy atom. The molecule has 0 bridgehead atoms. The molecule has 0 aliphatic rings. The molecule has 1 heterocycles. The third-order valence-electron chi connectivity index (χ3n) is 6.24. The lowest BCUT2D eigenvalue weighted by Crippen LogP contribution is -2.26. The number of nitrogens with zero attached hydrogens (tertiary/aromatic N) is 2. The molecule has 0 radical (unpaired) electrons. The van der Waals surface area contributed by atoms with Gasteiger partial charge in [-0.15, -0.1) is 0 Å². The number of hydrogen-bond donors (Lipinski definition) is 1. The van der Waals surface area contributed by atoms with Crippen LogP contribution in [0, 0.1) is 20.8 Å². The molecule has 0 saturated heterocycles. The van der Waals surface area contributed by atoms with Crippen LogP contribution in [0.5, 0.6) is 5.75 Å². The second-order valence-electron chi connectivity index (χ2n) is 9.25. The van der Waals surface area contributed by atoms with Crippen LogP contribution in [0.15, 0.2) is 66.7 Å². The van der Waals surface area contributed by atoms with Crippen molar-refractivity contribution in [1.29, 1.82) is 0 Å². The zero-order chi connectivity index (χ0) is 24.6. The first-order valence-corrected chi connectivity index (χ1v) is 12.5. The van der Waals surface area contributed by atoms with Gasteiger partial charge in [-0.05, 0) is 80.1 Å². The summed E-state index contributed by atoms with van der Waals surface area (Å²) in [7, 11) is 0. The lowest BCUT2D eigenvalue weighted by Gasteiger charge is -2.12. The van der Waals surface area contributed by atoms with Crippen molar-refractivity contribution in [2.24, 2.45) is 0 Å². The Morgan fingerprint density at radius 3 is 2.49 bits per heavy atom. The number of para-hydroxylation sites is 2. The fourth-order valence-corrected chi connectivity index (χ4v) is 4.51. The van der Waals surface area contributed by atoms with Crippen LogP contribution in [-0.2, 0) is 24.2 Å². The summed E-state index contributed by atoms with van der Waals surface area (Å²) in [5, 5.41) is 3.07. The van der Waals surface area contributed by atoms with Crippen LogP contribution in [0.4, 0.5) is 0 Å². The first-order chi connectivity index (χ1) is 17.0. The van der Waals surface area contributed by atoms with Crippen molar-refractivity contribution in [1.82, 2.24) is 14.9 Å². The van der Waals surface area contributed by atoms with E-state index >= 15 is 0 Å². The molecule has 0 fully saturated rings. The highest BCUT2D eigenvalue weighted by Crippen LogP contribution is 2.19. The van der Waals surface area contributed by atoms with E-state index in [1.54, 1.807) is 0 Å². The Labute approximate surface area is 208 Å². The van der Waals surface area contributed by atoms with Crippen molar-refractivity contribution in [3.63, 3.8) is 0 Å². The van der Waals surface area contributed by atoms with Gasteiger partial charge in [-0.3, -0.25) is 4.79 Å². The standard InChI is InChI=1S/C30H35N3O2/c1-22-18-23(2)20-26(19-22)35-17-9-16-33-28-13-7-6-12-27(28)32-29(33)14-8-15-31-30(34)21-25-11-5-4-10-24(25)3/h4-7,10-13,18-20H,8-9,14-17,21H2,1-3H3,(H,31,34). The summed E-state index contributed by atoms with van der Waals surface area (Å²) >= 11 is 0. The topological polar surface area (TPSA) is 56.1 Å². The monoisotopic (exact) mass is 469 g/mol. The Morgan fingerprint density at radius 2 is 1.69 bits per heavy atom. The molecular formula is C30H35N3O2. The number of fused-ring (bicyclic) bond motifs is 1. The number of nitrogens with one attached hydrogen (secondary N) is 1. The molecule has 4 aromatic rings. The van der Waals surface area contributed by atoms with E-state index in [0.717, 1.165) is 59.5 Å². The highest BCUT2D eigenvalue weighted by molar-refractivity contribution is 5.79. The SMILES string of the molecule is Cc1cc(C)cc(OCCCn2c(CCCNC(=O)Cc3ccccc3C)nc3ccccc32)c1. The Balaban J connectivity index is 1.30. The normalized spacial score (nSPS) is 11.1. The molecule has 3 aromatic carbocycles. The summed E-state index contributed by atoms with van der Waals surface area (Å²) in [5.74, 6) is 2.06. The molecule has 1 aromatic heterocycles. The molecule has 1 N–H and O–H groups in total. The van der Waals surface area contributed by atoms with Crippen molar-refractivity contribution >= 4 is 16.9 Å². The minimum atomic E-state index is 0.0661. The molecule has 5 nitrogen and oxygen atoms in total. The van der Waals surface area contributed by atoms with Crippen LogP contribution in [-0.4, -0.2) is 28.6 Å². The van der Waals surface area contributed by atoms with Gasteiger partial charge >= 0.3 is 0 Å². The second-order valence-corrected chi connectivity index (χ2v) is 9.25. The molecule has 0 aliphatic carbocycles. The first-order valence-electron chi connectivity index (χ1n) is 12.5. The van der Waals surface area contributed by atoms with E-state index in [0.29, 0.717) is 19.6 Å². The summed E-state index contributed by atoms with van der Waals surface area (Å²) in [6.07, 6.45) is 2.98. The maximum atomic E-state index is 12.4. The highest BCUT2D eigenvalue weighted by atomic mass is 16.5. The van der Waals surface area contributed by atoms with Crippen LogP contribution in [0.25, 0.3) is 11.0 Å². The van der Waals surface area contributed by atoms with Crippen LogP contribution in [0.1, 0.15) is 40.9 Å². The number of carbonyl (C=O) groups excluding carboxylic acids is 1. The Kier molecular flexibility index (Phi) is 8.19. The van der Waals surface area contributed by atoms with Gasteiger partial charge in [0.1, 0.15) is 11.6 Å². The van der Waals surface area contributed by atoms with E-state index in [4.69, 9.17) is 9.72 Å². The summed E-state index contributed by atoms with van der Waals surface area (Å²) < 4.78 is 8.32. The number of carbonyl (C=O) groups is 1. The van der Waals surface area contributed by atoms with Crippen LogP contribution in [0.2, 0.25) is 0 Å². The summed E-state index contributed by atoms with van der Waals surface area (Å²) in [6.45, 7) is 8.37. The predicted octanol–water partition coefficient (Wildman–Crippen LogP) is 5.72. The molecule has 182 valence electrons. The zero-order valence-corrected chi connectivity index (χ0v) is 21.0. The van der Waals surface area contributed by atoms with Crippen molar-refractivity contribution in [3.05, 3.63) is 94.8 Å². The van der Waals surface area contributed by atoms with E-state index in [-0.39, 0.29) is 5.91 Å². The van der Waals surface area contributed by atoms with Crippen molar-refractivity contribution in [3.8, 4) is 5.75 Å². The van der Waals surface area contributed by atoms with Gasteiger partial charge in [0.25, 0.3) is 0 Å². The average molecular weight is 470 g/mol. The number of imidazole rings is 1. The van der Waals surface area contributed by atoms with Gasteiger partial charge in [-0.1, -0.05) is 42.5 Å². The van der Waals surface area contributed by atoms with Crippen molar-refractivity contribution in [2.75, 3.05) is 13.2 Å². The minimum Gasteiger partial charge on any atom is -0.494 e. The molecule has 5 heteroatoms. The number of hydrogen-bond acceptors (Lipinski definition) is 3. The van der Waals surface area contributed by atoms with Crippen molar-refractivity contribution < 1.29 is 9.53 Å². The van der Waals surface area contributed by atoms with E-state index < -0.39 is 0 Å². The molecule has 1 amide bonds. The summed E-state index contributed by atoms with van der Waals surface area (Å²) in [5.41, 5.74) is 6.83. The molecule has 4 rings (SSSR count). The van der Waals surface area contributed by atoms with Gasteiger partial charge in [-0.25, -0.2) is 4.98 Å². The van der Waals surface area contributed by atoms with E-state index in [2.05, 4.69) is 60.1 Å². The largest absolute Gasteiger partial charge is 0.494 e. The van der Waals surface area contributed by atoms with Crippen LogP contribution < -0.4 is 10.1 Å². The average Bonchev–Trinajstić information content (AvgIpc) is 3.18. The lowest BCUT2D eigenvalue weighted by molar-refractivity contribution is -0.120. The summed E-state index contributed by atoms with van der Waals surface area (Å²) in [4.78, 5) is 17.2. The van der Waals surface area contributed by atoms with E-state index in [1.807, 2.05) is 37.3 Å². The highest BCUT2D eigenvalue weighted by Gasteiger charge is 2.11. The molecule has 0 atom stereocenters. The van der Waals surface area contributed by atoms with Gasteiger partial charge in [0, 0.05) is 19.5 Å². The molecular weight excluding hydrogens is 434 g/mol. The Bertz CT molecular complexity index is 1270. The molecule has 0 spiro atoms. The molecule has 35 heavy (non-hydrogen) atoms. The van der Waals surface area contributed by atoms with Gasteiger partial charge in [-0.2, -0.15) is 0 Å². The van der Waals surface area contributed by atoms with Gasteiger partial charge < -0.3 is 14.6 Å². The fourth-order valence-electron chi connectivity index (χ4n) is 4.51. The van der Waals surface area contributed by atoms with Gasteiger partial charge in [0.05, 0.1) is 24.1 Å². The molecule has 0 aliphatic heterocycles. The number of aryl methyl sites for hydroxylation is 5. The molecule has 0 unspecified atom stereocenters. The third kappa shape index (κ3) is 6.72. The number of rotatable bonds is 11. The van der Waals surface area contributed by atoms with Gasteiger partial charge in [0.2, 0.25) is 5.91 Å². The van der Waals surface area contributed by atoms with Crippen LogP contribution >= 0.6 is 0 Å². The quantitative estimate of drug-likeness (QED) is 0.286. The fraction of sp³-hybridized carbons (Fsp3) is 0.333.